The van der Waals surface area contributed by atoms with Crippen molar-refractivity contribution in [3.63, 3.8) is 0 Å². The molecule has 1 saturated heterocycles. The molecular weight excluding hydrogens is 296 g/mol. The van der Waals surface area contributed by atoms with E-state index in [4.69, 9.17) is 9.47 Å². The van der Waals surface area contributed by atoms with Crippen LogP contribution in [0.2, 0.25) is 0 Å². The van der Waals surface area contributed by atoms with Gasteiger partial charge in [0.05, 0.1) is 6.04 Å². The third-order valence-corrected chi connectivity index (χ3v) is 3.46. The van der Waals surface area contributed by atoms with Crippen molar-refractivity contribution in [1.82, 2.24) is 10.2 Å². The molecule has 23 heavy (non-hydrogen) atoms. The summed E-state index contributed by atoms with van der Waals surface area (Å²) < 4.78 is 10.5. The van der Waals surface area contributed by atoms with Gasteiger partial charge in [-0.05, 0) is 32.8 Å². The van der Waals surface area contributed by atoms with E-state index < -0.39 is 11.7 Å². The number of likely N-dealkylation sites (tertiary alicyclic amines) is 1. The van der Waals surface area contributed by atoms with E-state index in [1.165, 1.54) is 0 Å². The smallest absolute Gasteiger partial charge is 0.410 e. The van der Waals surface area contributed by atoms with E-state index in [1.54, 1.807) is 4.90 Å². The number of carbonyl (C=O) groups is 2. The van der Waals surface area contributed by atoms with Crippen molar-refractivity contribution < 1.29 is 19.1 Å². The Balaban J connectivity index is 1.72. The molecule has 1 heterocycles. The first-order chi connectivity index (χ1) is 10.8. The van der Waals surface area contributed by atoms with Crippen LogP contribution in [0.15, 0.2) is 30.3 Å². The van der Waals surface area contributed by atoms with Crippen molar-refractivity contribution in [1.29, 1.82) is 0 Å². The number of alkyl carbamates (subject to hydrolysis) is 1. The SMILES string of the molecule is CC(C)(C)OC(=O)NC[C@H]1CCN1C(=O)OCc1ccccc1. The first-order valence-electron chi connectivity index (χ1n) is 7.79. The Bertz CT molecular complexity index is 539. The number of amides is 2. The molecule has 0 saturated carbocycles. The minimum atomic E-state index is -0.530. The quantitative estimate of drug-likeness (QED) is 0.926. The van der Waals surface area contributed by atoms with Crippen LogP contribution in [0.3, 0.4) is 0 Å². The number of hydrogen-bond acceptors (Lipinski definition) is 4. The molecule has 6 heteroatoms. The van der Waals surface area contributed by atoms with Crippen LogP contribution in [-0.4, -0.2) is 41.8 Å². The van der Waals surface area contributed by atoms with E-state index in [0.717, 1.165) is 12.0 Å². The van der Waals surface area contributed by atoms with Crippen LogP contribution in [0.1, 0.15) is 32.8 Å². The van der Waals surface area contributed by atoms with Crippen molar-refractivity contribution in [3.05, 3.63) is 35.9 Å². The van der Waals surface area contributed by atoms with Gasteiger partial charge in [0.2, 0.25) is 0 Å². The van der Waals surface area contributed by atoms with Gasteiger partial charge in [0.1, 0.15) is 12.2 Å². The average Bonchev–Trinajstić information content (AvgIpc) is 2.43. The van der Waals surface area contributed by atoms with Gasteiger partial charge in [-0.1, -0.05) is 30.3 Å². The van der Waals surface area contributed by atoms with Crippen molar-refractivity contribution in [2.45, 2.75) is 45.4 Å². The fraction of sp³-hybridized carbons (Fsp3) is 0.529. The Morgan fingerprint density at radius 2 is 1.96 bits per heavy atom. The lowest BCUT2D eigenvalue weighted by Crippen LogP contribution is -2.56. The van der Waals surface area contributed by atoms with Gasteiger partial charge >= 0.3 is 12.2 Å². The Morgan fingerprint density at radius 1 is 1.26 bits per heavy atom. The van der Waals surface area contributed by atoms with Crippen LogP contribution < -0.4 is 5.32 Å². The number of nitrogens with one attached hydrogen (secondary N) is 1. The molecule has 0 aliphatic carbocycles. The number of rotatable bonds is 4. The van der Waals surface area contributed by atoms with Crippen molar-refractivity contribution >= 4 is 12.2 Å². The largest absolute Gasteiger partial charge is 0.445 e. The molecule has 1 aromatic rings. The molecule has 2 amide bonds. The molecule has 126 valence electrons. The molecule has 2 rings (SSSR count). The fourth-order valence-corrected chi connectivity index (χ4v) is 2.21. The number of benzene rings is 1. The summed E-state index contributed by atoms with van der Waals surface area (Å²) in [4.78, 5) is 25.3. The minimum absolute atomic E-state index is 0.0363. The highest BCUT2D eigenvalue weighted by Gasteiger charge is 2.33. The van der Waals surface area contributed by atoms with Gasteiger partial charge in [0.15, 0.2) is 0 Å². The molecule has 1 N–H and O–H groups in total. The van der Waals surface area contributed by atoms with E-state index >= 15 is 0 Å². The van der Waals surface area contributed by atoms with Gasteiger partial charge in [0, 0.05) is 13.1 Å². The second-order valence-corrected chi connectivity index (χ2v) is 6.56. The number of hydrogen-bond donors (Lipinski definition) is 1. The minimum Gasteiger partial charge on any atom is -0.445 e. The second kappa shape index (κ2) is 7.35. The topological polar surface area (TPSA) is 67.9 Å². The molecule has 1 atom stereocenters. The van der Waals surface area contributed by atoms with Crippen molar-refractivity contribution in [3.8, 4) is 0 Å². The monoisotopic (exact) mass is 320 g/mol. The maximum Gasteiger partial charge on any atom is 0.410 e. The van der Waals surface area contributed by atoms with Crippen LogP contribution in [-0.2, 0) is 16.1 Å². The molecule has 0 radical (unpaired) electrons. The van der Waals surface area contributed by atoms with Gasteiger partial charge in [-0.25, -0.2) is 9.59 Å². The van der Waals surface area contributed by atoms with Crippen LogP contribution >= 0.6 is 0 Å². The highest BCUT2D eigenvalue weighted by atomic mass is 16.6. The zero-order valence-corrected chi connectivity index (χ0v) is 13.9. The van der Waals surface area contributed by atoms with Gasteiger partial charge in [-0.15, -0.1) is 0 Å². The Labute approximate surface area is 136 Å². The predicted octanol–water partition coefficient (Wildman–Crippen LogP) is 2.92. The highest BCUT2D eigenvalue weighted by Crippen LogP contribution is 2.18. The van der Waals surface area contributed by atoms with E-state index in [1.807, 2.05) is 51.1 Å². The van der Waals surface area contributed by atoms with Gasteiger partial charge in [0.25, 0.3) is 0 Å². The summed E-state index contributed by atoms with van der Waals surface area (Å²) in [5.41, 5.74) is 0.419. The Kier molecular flexibility index (Phi) is 5.47. The summed E-state index contributed by atoms with van der Waals surface area (Å²) in [6, 6.07) is 9.50. The summed E-state index contributed by atoms with van der Waals surface area (Å²) in [6.07, 6.45) is 0.0223. The van der Waals surface area contributed by atoms with Gasteiger partial charge in [-0.2, -0.15) is 0 Å². The first-order valence-corrected chi connectivity index (χ1v) is 7.79. The summed E-state index contributed by atoms with van der Waals surface area (Å²) in [5, 5.41) is 2.69. The normalized spacial score (nSPS) is 17.2. The highest BCUT2D eigenvalue weighted by molar-refractivity contribution is 5.70. The maximum absolute atomic E-state index is 12.0. The summed E-state index contributed by atoms with van der Waals surface area (Å²) in [5.74, 6) is 0. The molecule has 1 fully saturated rings. The van der Waals surface area contributed by atoms with E-state index in [0.29, 0.717) is 13.1 Å². The molecule has 0 spiro atoms. The molecule has 1 aliphatic rings. The van der Waals surface area contributed by atoms with Crippen LogP contribution in [0.5, 0.6) is 0 Å². The molecule has 0 aromatic heterocycles. The third kappa shape index (κ3) is 5.47. The van der Waals surface area contributed by atoms with E-state index in [9.17, 15) is 9.59 Å². The summed E-state index contributed by atoms with van der Waals surface area (Å²) in [7, 11) is 0. The Morgan fingerprint density at radius 3 is 2.52 bits per heavy atom. The lowest BCUT2D eigenvalue weighted by atomic mass is 10.0. The Hall–Kier alpha value is -2.24. The standard InChI is InChI=1S/C17H24N2O4/c1-17(2,3)23-15(20)18-11-14-9-10-19(14)16(21)22-12-13-7-5-4-6-8-13/h4-8,14H,9-12H2,1-3H3,(H,18,20)/t14-/m1/s1. The molecule has 1 aliphatic heterocycles. The average molecular weight is 320 g/mol. The van der Waals surface area contributed by atoms with Crippen molar-refractivity contribution in [2.24, 2.45) is 0 Å². The number of nitrogens with zero attached hydrogens (tertiary/aromatic N) is 1. The first kappa shape index (κ1) is 17.1. The number of ether oxygens (including phenoxy) is 2. The second-order valence-electron chi connectivity index (χ2n) is 6.56. The third-order valence-electron chi connectivity index (χ3n) is 3.46. The van der Waals surface area contributed by atoms with Gasteiger partial charge < -0.3 is 19.7 Å². The molecule has 0 unspecified atom stereocenters. The molecule has 1 aromatic carbocycles. The van der Waals surface area contributed by atoms with E-state index in [-0.39, 0.29) is 18.7 Å². The fourth-order valence-electron chi connectivity index (χ4n) is 2.21. The lowest BCUT2D eigenvalue weighted by molar-refractivity contribution is 0.0340. The zero-order valence-electron chi connectivity index (χ0n) is 13.9. The van der Waals surface area contributed by atoms with E-state index in [2.05, 4.69) is 5.32 Å². The molecular formula is C17H24N2O4. The molecule has 0 bridgehead atoms. The molecule has 6 nitrogen and oxygen atoms in total. The summed E-state index contributed by atoms with van der Waals surface area (Å²) in [6.45, 7) is 6.70. The van der Waals surface area contributed by atoms with Crippen LogP contribution in [0, 0.1) is 0 Å². The predicted molar refractivity (Wildman–Crippen MR) is 86.0 cm³/mol. The maximum atomic E-state index is 12.0. The van der Waals surface area contributed by atoms with Gasteiger partial charge in [-0.3, -0.25) is 0 Å². The summed E-state index contributed by atoms with van der Waals surface area (Å²) >= 11 is 0. The number of carbonyl (C=O) groups excluding carboxylic acids is 2. The van der Waals surface area contributed by atoms with Crippen LogP contribution in [0.25, 0.3) is 0 Å². The van der Waals surface area contributed by atoms with Crippen molar-refractivity contribution in [2.75, 3.05) is 13.1 Å². The zero-order chi connectivity index (χ0) is 16.9. The lowest BCUT2D eigenvalue weighted by Gasteiger charge is -2.40. The van der Waals surface area contributed by atoms with Crippen LogP contribution in [0.4, 0.5) is 9.59 Å².